The molecule has 0 N–H and O–H groups in total. The number of carbonyl (C=O) groups is 1. The number of aryl methyl sites for hydroxylation is 1. The maximum Gasteiger partial charge on any atom is 0.331 e. The van der Waals surface area contributed by atoms with Gasteiger partial charge < -0.3 is 0 Å². The lowest BCUT2D eigenvalue weighted by Crippen LogP contribution is -2.38. The van der Waals surface area contributed by atoms with Crippen LogP contribution >= 0.6 is 11.3 Å². The third-order valence-electron chi connectivity index (χ3n) is 5.42. The summed E-state index contributed by atoms with van der Waals surface area (Å²) >= 11 is 1.30. The molecule has 0 aliphatic carbocycles. The summed E-state index contributed by atoms with van der Waals surface area (Å²) in [6.45, 7) is 2.22. The Bertz CT molecular complexity index is 1430. The Morgan fingerprint density at radius 3 is 2.68 bits per heavy atom. The van der Waals surface area contributed by atoms with Crippen molar-refractivity contribution in [3.63, 3.8) is 0 Å². The van der Waals surface area contributed by atoms with Gasteiger partial charge in [-0.3, -0.25) is 28.5 Å². The summed E-state index contributed by atoms with van der Waals surface area (Å²) in [5, 5.41) is 2.31. The quantitative estimate of drug-likeness (QED) is 0.447. The molecule has 0 atom stereocenters. The average molecular weight is 439 g/mol. The van der Waals surface area contributed by atoms with Crippen molar-refractivity contribution in [1.29, 1.82) is 0 Å². The van der Waals surface area contributed by atoms with Gasteiger partial charge in [-0.1, -0.05) is 18.2 Å². The first-order valence-electron chi connectivity index (χ1n) is 9.79. The zero-order valence-corrected chi connectivity index (χ0v) is 18.5. The zero-order chi connectivity index (χ0) is 22.3. The van der Waals surface area contributed by atoms with E-state index in [0.717, 1.165) is 26.1 Å². The number of hydrogen-bond acceptors (Lipinski definition) is 6. The Labute approximate surface area is 181 Å². The highest BCUT2D eigenvalue weighted by molar-refractivity contribution is 7.19. The van der Waals surface area contributed by atoms with Gasteiger partial charge in [-0.15, -0.1) is 11.3 Å². The number of carbonyl (C=O) groups excluding carboxylic acids is 1. The van der Waals surface area contributed by atoms with Gasteiger partial charge in [-0.25, -0.2) is 9.86 Å². The molecule has 3 heterocycles. The van der Waals surface area contributed by atoms with E-state index in [1.165, 1.54) is 37.1 Å². The molecule has 0 radical (unpaired) electrons. The second-order valence-electron chi connectivity index (χ2n) is 7.12. The van der Waals surface area contributed by atoms with E-state index in [1.54, 1.807) is 6.20 Å². The van der Waals surface area contributed by atoms with Gasteiger partial charge >= 0.3 is 5.69 Å². The Morgan fingerprint density at radius 1 is 1.23 bits per heavy atom. The maximum absolute atomic E-state index is 13.2. The van der Waals surface area contributed by atoms with E-state index in [2.05, 4.69) is 4.98 Å². The van der Waals surface area contributed by atoms with E-state index in [4.69, 9.17) is 4.84 Å². The lowest BCUT2D eigenvalue weighted by atomic mass is 10.0. The maximum atomic E-state index is 13.2. The molecule has 1 amide bonds. The van der Waals surface area contributed by atoms with Crippen LogP contribution in [-0.2, 0) is 24.9 Å². The van der Waals surface area contributed by atoms with Crippen LogP contribution in [-0.4, -0.2) is 39.2 Å². The van der Waals surface area contributed by atoms with Gasteiger partial charge in [-0.2, -0.15) is 0 Å². The standard InChI is InChI=1S/C22H22N4O4S/c1-5-26-21-18(19(27)24(2)22(26)29)17(20(28)25(3)30-4)16(31-21)12-13-10-11-23-15-9-7-6-8-14(13)15/h6-11H,5,12H2,1-4H3. The molecule has 31 heavy (non-hydrogen) atoms. The molecular formula is C22H22N4O4S. The van der Waals surface area contributed by atoms with Crippen molar-refractivity contribution in [3.05, 3.63) is 73.4 Å². The Hall–Kier alpha value is -3.30. The number of rotatable bonds is 5. The van der Waals surface area contributed by atoms with Crippen LogP contribution in [0.4, 0.5) is 0 Å². The van der Waals surface area contributed by atoms with Crippen molar-refractivity contribution in [3.8, 4) is 0 Å². The monoisotopic (exact) mass is 438 g/mol. The van der Waals surface area contributed by atoms with E-state index < -0.39 is 17.2 Å². The predicted octanol–water partition coefficient (Wildman–Crippen LogP) is 2.55. The summed E-state index contributed by atoms with van der Waals surface area (Å²) in [5.41, 5.74) is 1.21. The van der Waals surface area contributed by atoms with Crippen LogP contribution in [0, 0.1) is 0 Å². The first-order chi connectivity index (χ1) is 14.9. The van der Waals surface area contributed by atoms with Crippen LogP contribution in [0.3, 0.4) is 0 Å². The van der Waals surface area contributed by atoms with Crippen LogP contribution in [0.2, 0.25) is 0 Å². The predicted molar refractivity (Wildman–Crippen MR) is 121 cm³/mol. The van der Waals surface area contributed by atoms with E-state index in [1.807, 2.05) is 37.3 Å². The fourth-order valence-corrected chi connectivity index (χ4v) is 5.09. The van der Waals surface area contributed by atoms with Crippen LogP contribution in [0.5, 0.6) is 0 Å². The molecule has 1 aromatic carbocycles. The lowest BCUT2D eigenvalue weighted by molar-refractivity contribution is -0.0756. The highest BCUT2D eigenvalue weighted by Gasteiger charge is 2.27. The highest BCUT2D eigenvalue weighted by atomic mass is 32.1. The molecule has 0 fully saturated rings. The molecule has 0 unspecified atom stereocenters. The first-order valence-corrected chi connectivity index (χ1v) is 10.6. The lowest BCUT2D eigenvalue weighted by Gasteiger charge is -2.15. The van der Waals surface area contributed by atoms with Crippen LogP contribution in [0.1, 0.15) is 27.7 Å². The van der Waals surface area contributed by atoms with Crippen molar-refractivity contribution in [2.24, 2.45) is 7.05 Å². The largest absolute Gasteiger partial charge is 0.331 e. The van der Waals surface area contributed by atoms with Gasteiger partial charge in [0.25, 0.3) is 11.5 Å². The summed E-state index contributed by atoms with van der Waals surface area (Å²) in [4.78, 5) is 49.7. The van der Waals surface area contributed by atoms with Gasteiger partial charge in [0.05, 0.1) is 23.6 Å². The summed E-state index contributed by atoms with van der Waals surface area (Å²) in [6, 6.07) is 9.68. The van der Waals surface area contributed by atoms with Gasteiger partial charge in [0.2, 0.25) is 0 Å². The second kappa shape index (κ2) is 8.09. The number of thiophene rings is 1. The van der Waals surface area contributed by atoms with Gasteiger partial charge in [0.15, 0.2) is 0 Å². The summed E-state index contributed by atoms with van der Waals surface area (Å²) in [7, 11) is 4.32. The van der Waals surface area contributed by atoms with Gasteiger partial charge in [0, 0.05) is 43.5 Å². The smallest absolute Gasteiger partial charge is 0.285 e. The van der Waals surface area contributed by atoms with E-state index >= 15 is 0 Å². The minimum Gasteiger partial charge on any atom is -0.285 e. The fraction of sp³-hybridized carbons (Fsp3) is 0.273. The molecule has 3 aromatic heterocycles. The van der Waals surface area contributed by atoms with Crippen molar-refractivity contribution in [2.75, 3.05) is 14.2 Å². The Kier molecular flexibility index (Phi) is 5.47. The SMILES string of the molecule is CCn1c(=O)n(C)c(=O)c2c(C(=O)N(C)OC)c(Cc3ccnc4ccccc34)sc21. The fourth-order valence-electron chi connectivity index (χ4n) is 3.73. The number of fused-ring (bicyclic) bond motifs is 2. The topological polar surface area (TPSA) is 86.4 Å². The molecule has 0 spiro atoms. The number of hydrogen-bond donors (Lipinski definition) is 0. The normalized spacial score (nSPS) is 11.4. The van der Waals surface area contributed by atoms with E-state index in [9.17, 15) is 14.4 Å². The molecule has 0 aliphatic heterocycles. The number of pyridine rings is 1. The van der Waals surface area contributed by atoms with Gasteiger partial charge in [-0.05, 0) is 24.6 Å². The van der Waals surface area contributed by atoms with E-state index in [0.29, 0.717) is 22.7 Å². The summed E-state index contributed by atoms with van der Waals surface area (Å²) in [5.74, 6) is -0.430. The summed E-state index contributed by atoms with van der Waals surface area (Å²) < 4.78 is 2.58. The molecule has 0 bridgehead atoms. The molecule has 0 aliphatic rings. The minimum absolute atomic E-state index is 0.246. The van der Waals surface area contributed by atoms with Crippen molar-refractivity contribution in [1.82, 2.24) is 19.2 Å². The van der Waals surface area contributed by atoms with E-state index in [-0.39, 0.29) is 10.9 Å². The number of benzene rings is 1. The molecule has 0 saturated heterocycles. The third kappa shape index (κ3) is 3.35. The average Bonchev–Trinajstić information content (AvgIpc) is 3.15. The van der Waals surface area contributed by atoms with Crippen LogP contribution in [0.15, 0.2) is 46.1 Å². The zero-order valence-electron chi connectivity index (χ0n) is 17.7. The highest BCUT2D eigenvalue weighted by Crippen LogP contribution is 2.32. The van der Waals surface area contributed by atoms with Crippen molar-refractivity contribution in [2.45, 2.75) is 19.9 Å². The number of hydroxylamine groups is 2. The molecule has 4 rings (SSSR count). The summed E-state index contributed by atoms with van der Waals surface area (Å²) in [6.07, 6.45) is 2.15. The molecule has 9 heteroatoms. The van der Waals surface area contributed by atoms with Crippen LogP contribution in [0.25, 0.3) is 21.1 Å². The molecule has 4 aromatic rings. The molecule has 160 valence electrons. The molecular weight excluding hydrogens is 416 g/mol. The number of para-hydroxylation sites is 1. The number of amides is 1. The minimum atomic E-state index is -0.486. The van der Waals surface area contributed by atoms with Crippen molar-refractivity contribution < 1.29 is 9.63 Å². The first kappa shape index (κ1) is 21.0. The second-order valence-corrected chi connectivity index (χ2v) is 8.20. The third-order valence-corrected chi connectivity index (χ3v) is 6.64. The number of nitrogens with zero attached hydrogens (tertiary/aromatic N) is 4. The van der Waals surface area contributed by atoms with Crippen molar-refractivity contribution >= 4 is 38.4 Å². The molecule has 0 saturated carbocycles. The molecule has 8 nitrogen and oxygen atoms in total. The Morgan fingerprint density at radius 2 is 1.97 bits per heavy atom. The van der Waals surface area contributed by atoms with Crippen LogP contribution < -0.4 is 11.2 Å². The number of aromatic nitrogens is 3. The van der Waals surface area contributed by atoms with Gasteiger partial charge in [0.1, 0.15) is 4.83 Å². The Balaban J connectivity index is 2.04.